The third-order valence-electron chi connectivity index (χ3n) is 2.66. The average molecular weight is 215 g/mol. The highest BCUT2D eigenvalue weighted by molar-refractivity contribution is 5.76. The van der Waals surface area contributed by atoms with E-state index in [1.165, 1.54) is 0 Å². The van der Waals surface area contributed by atoms with Crippen molar-refractivity contribution in [2.45, 2.75) is 51.2 Å². The first-order chi connectivity index (χ1) is 7.22. The summed E-state index contributed by atoms with van der Waals surface area (Å²) < 4.78 is 5.40. The molecule has 0 aromatic heterocycles. The second-order valence-electron chi connectivity index (χ2n) is 4.15. The van der Waals surface area contributed by atoms with E-state index in [0.29, 0.717) is 12.8 Å². The lowest BCUT2D eigenvalue weighted by molar-refractivity contribution is -0.122. The Labute approximate surface area is 91.0 Å². The van der Waals surface area contributed by atoms with Crippen LogP contribution in [0.25, 0.3) is 0 Å². The molecule has 1 aliphatic rings. The summed E-state index contributed by atoms with van der Waals surface area (Å²) in [5.74, 6) is 0.0996. The minimum Gasteiger partial charge on any atom is -0.396 e. The van der Waals surface area contributed by atoms with E-state index >= 15 is 0 Å². The topological polar surface area (TPSA) is 58.6 Å². The Morgan fingerprint density at radius 3 is 3.00 bits per heavy atom. The van der Waals surface area contributed by atoms with Crippen molar-refractivity contribution in [3.8, 4) is 0 Å². The van der Waals surface area contributed by atoms with E-state index in [4.69, 9.17) is 9.84 Å². The fourth-order valence-electron chi connectivity index (χ4n) is 1.83. The molecule has 1 aliphatic heterocycles. The molecule has 1 saturated heterocycles. The average Bonchev–Trinajstić information content (AvgIpc) is 2.18. The first-order valence-electron chi connectivity index (χ1n) is 5.74. The zero-order valence-electron chi connectivity index (χ0n) is 9.37. The highest BCUT2D eigenvalue weighted by atomic mass is 16.5. The first kappa shape index (κ1) is 12.5. The largest absolute Gasteiger partial charge is 0.396 e. The van der Waals surface area contributed by atoms with Gasteiger partial charge in [-0.05, 0) is 32.6 Å². The molecule has 4 nitrogen and oxygen atoms in total. The summed E-state index contributed by atoms with van der Waals surface area (Å²) in [6.45, 7) is 2.94. The number of nitrogens with one attached hydrogen (secondary N) is 1. The number of unbranched alkanes of at least 4 members (excludes halogenated alkanes) is 1. The highest BCUT2D eigenvalue weighted by Gasteiger charge is 2.20. The molecule has 2 atom stereocenters. The van der Waals surface area contributed by atoms with E-state index in [-0.39, 0.29) is 24.7 Å². The smallest absolute Gasteiger partial charge is 0.220 e. The second kappa shape index (κ2) is 6.80. The van der Waals surface area contributed by atoms with Gasteiger partial charge in [0.1, 0.15) is 0 Å². The molecule has 88 valence electrons. The van der Waals surface area contributed by atoms with Gasteiger partial charge in [0.25, 0.3) is 0 Å². The molecule has 2 unspecified atom stereocenters. The normalized spacial score (nSPS) is 26.3. The summed E-state index contributed by atoms with van der Waals surface area (Å²) in [6, 6.07) is 0.273. The predicted molar refractivity (Wildman–Crippen MR) is 57.5 cm³/mol. The monoisotopic (exact) mass is 215 g/mol. The van der Waals surface area contributed by atoms with E-state index < -0.39 is 0 Å². The van der Waals surface area contributed by atoms with Crippen LogP contribution in [-0.2, 0) is 9.53 Å². The van der Waals surface area contributed by atoms with Gasteiger partial charge in [0.2, 0.25) is 5.91 Å². The molecule has 4 heteroatoms. The zero-order chi connectivity index (χ0) is 11.1. The Bertz CT molecular complexity index is 196. The van der Waals surface area contributed by atoms with Crippen molar-refractivity contribution in [2.24, 2.45) is 0 Å². The van der Waals surface area contributed by atoms with Crippen LogP contribution in [0, 0.1) is 0 Å². The van der Waals surface area contributed by atoms with E-state index in [1.807, 2.05) is 6.92 Å². The lowest BCUT2D eigenvalue weighted by atomic mass is 10.0. The van der Waals surface area contributed by atoms with Crippen LogP contribution in [-0.4, -0.2) is 36.4 Å². The van der Waals surface area contributed by atoms with Crippen molar-refractivity contribution in [2.75, 3.05) is 13.2 Å². The van der Waals surface area contributed by atoms with Crippen molar-refractivity contribution in [1.29, 1.82) is 0 Å². The summed E-state index contributed by atoms with van der Waals surface area (Å²) in [4.78, 5) is 11.5. The lowest BCUT2D eigenvalue weighted by Gasteiger charge is -2.27. The van der Waals surface area contributed by atoms with Crippen LogP contribution in [0.2, 0.25) is 0 Å². The van der Waals surface area contributed by atoms with E-state index in [9.17, 15) is 4.79 Å². The third-order valence-corrected chi connectivity index (χ3v) is 2.66. The molecule has 0 aromatic carbocycles. The Morgan fingerprint density at radius 1 is 1.53 bits per heavy atom. The van der Waals surface area contributed by atoms with Crippen LogP contribution >= 0.6 is 0 Å². The van der Waals surface area contributed by atoms with Gasteiger partial charge >= 0.3 is 0 Å². The van der Waals surface area contributed by atoms with E-state index in [2.05, 4.69) is 5.32 Å². The van der Waals surface area contributed by atoms with E-state index in [1.54, 1.807) is 0 Å². The molecular formula is C11H21NO3. The van der Waals surface area contributed by atoms with Gasteiger partial charge in [-0.3, -0.25) is 4.79 Å². The van der Waals surface area contributed by atoms with E-state index in [0.717, 1.165) is 25.9 Å². The van der Waals surface area contributed by atoms with Gasteiger partial charge in [0, 0.05) is 25.7 Å². The van der Waals surface area contributed by atoms with Gasteiger partial charge in [-0.1, -0.05) is 0 Å². The number of aliphatic hydroxyl groups is 1. The summed E-state index contributed by atoms with van der Waals surface area (Å²) in [5, 5.41) is 11.6. The number of ether oxygens (including phenoxy) is 1. The molecule has 0 saturated carbocycles. The van der Waals surface area contributed by atoms with Crippen molar-refractivity contribution in [3.63, 3.8) is 0 Å². The SMILES string of the molecule is CC1CC(NC(=O)CCCCO)CCO1. The Hall–Kier alpha value is -0.610. The summed E-state index contributed by atoms with van der Waals surface area (Å²) >= 11 is 0. The fraction of sp³-hybridized carbons (Fsp3) is 0.909. The summed E-state index contributed by atoms with van der Waals surface area (Å²) in [5.41, 5.74) is 0. The molecular weight excluding hydrogens is 194 g/mol. The van der Waals surface area contributed by atoms with Crippen molar-refractivity contribution in [3.05, 3.63) is 0 Å². The van der Waals surface area contributed by atoms with Crippen molar-refractivity contribution >= 4 is 5.91 Å². The lowest BCUT2D eigenvalue weighted by Crippen LogP contribution is -2.41. The molecule has 1 amide bonds. The Kier molecular flexibility index (Phi) is 5.65. The van der Waals surface area contributed by atoms with Crippen LogP contribution in [0.15, 0.2) is 0 Å². The molecule has 1 fully saturated rings. The van der Waals surface area contributed by atoms with Gasteiger partial charge in [-0.15, -0.1) is 0 Å². The minimum absolute atomic E-state index is 0.0996. The van der Waals surface area contributed by atoms with Gasteiger partial charge in [-0.2, -0.15) is 0 Å². The zero-order valence-corrected chi connectivity index (χ0v) is 9.37. The van der Waals surface area contributed by atoms with Crippen LogP contribution in [0.4, 0.5) is 0 Å². The van der Waals surface area contributed by atoms with Crippen molar-refractivity contribution in [1.82, 2.24) is 5.32 Å². The maximum atomic E-state index is 11.5. The molecule has 0 radical (unpaired) electrons. The highest BCUT2D eigenvalue weighted by Crippen LogP contribution is 2.13. The maximum Gasteiger partial charge on any atom is 0.220 e. The molecule has 1 rings (SSSR count). The van der Waals surface area contributed by atoms with Gasteiger partial charge < -0.3 is 15.2 Å². The number of aliphatic hydroxyl groups excluding tert-OH is 1. The molecule has 0 aliphatic carbocycles. The first-order valence-corrected chi connectivity index (χ1v) is 5.74. The summed E-state index contributed by atoms with van der Waals surface area (Å²) in [6.07, 6.45) is 4.06. The Balaban J connectivity index is 2.13. The number of carbonyl (C=O) groups is 1. The minimum atomic E-state index is 0.0996. The molecule has 2 N–H and O–H groups in total. The van der Waals surface area contributed by atoms with Crippen LogP contribution < -0.4 is 5.32 Å². The molecule has 0 spiro atoms. The predicted octanol–water partition coefficient (Wildman–Crippen LogP) is 0.833. The summed E-state index contributed by atoms with van der Waals surface area (Å²) in [7, 11) is 0. The van der Waals surface area contributed by atoms with Crippen LogP contribution in [0.1, 0.15) is 39.0 Å². The molecule has 0 bridgehead atoms. The number of carbonyl (C=O) groups excluding carboxylic acids is 1. The van der Waals surface area contributed by atoms with Crippen LogP contribution in [0.3, 0.4) is 0 Å². The standard InChI is InChI=1S/C11H21NO3/c1-9-8-10(5-7-15-9)12-11(14)4-2-3-6-13/h9-10,13H,2-8H2,1H3,(H,12,14). The maximum absolute atomic E-state index is 11.5. The molecule has 0 aromatic rings. The number of hydrogen-bond donors (Lipinski definition) is 2. The third kappa shape index (κ3) is 5.14. The molecule has 1 heterocycles. The quantitative estimate of drug-likeness (QED) is 0.668. The van der Waals surface area contributed by atoms with Crippen molar-refractivity contribution < 1.29 is 14.6 Å². The Morgan fingerprint density at radius 2 is 2.33 bits per heavy atom. The fourth-order valence-corrected chi connectivity index (χ4v) is 1.83. The van der Waals surface area contributed by atoms with Gasteiger partial charge in [0.05, 0.1) is 6.10 Å². The number of hydrogen-bond acceptors (Lipinski definition) is 3. The van der Waals surface area contributed by atoms with Gasteiger partial charge in [0.15, 0.2) is 0 Å². The number of rotatable bonds is 5. The van der Waals surface area contributed by atoms with Crippen LogP contribution in [0.5, 0.6) is 0 Å². The second-order valence-corrected chi connectivity index (χ2v) is 4.15. The number of amides is 1. The molecule has 15 heavy (non-hydrogen) atoms. The van der Waals surface area contributed by atoms with Gasteiger partial charge in [-0.25, -0.2) is 0 Å².